The lowest BCUT2D eigenvalue weighted by Gasteiger charge is -2.15. The van der Waals surface area contributed by atoms with Gasteiger partial charge in [0.2, 0.25) is 0 Å². The van der Waals surface area contributed by atoms with Crippen LogP contribution in [0.2, 0.25) is 0 Å². The predicted molar refractivity (Wildman–Crippen MR) is 123 cm³/mol. The molecule has 0 atom stereocenters. The fraction of sp³-hybridized carbons (Fsp3) is 0.143. The second-order valence-corrected chi connectivity index (χ2v) is 10.3. The maximum atomic E-state index is 13.1. The van der Waals surface area contributed by atoms with Gasteiger partial charge in [-0.15, -0.1) is 11.0 Å². The fourth-order valence-electron chi connectivity index (χ4n) is 3.06. The Hall–Kier alpha value is -2.49. The van der Waals surface area contributed by atoms with Crippen molar-refractivity contribution in [2.24, 2.45) is 4.40 Å². The van der Waals surface area contributed by atoms with Crippen LogP contribution in [-0.4, -0.2) is 38.0 Å². The molecule has 0 N–H and O–H groups in total. The van der Waals surface area contributed by atoms with Crippen LogP contribution in [0.15, 0.2) is 85.3 Å². The first-order valence-corrected chi connectivity index (χ1v) is 12.2. The SMILES string of the molecule is C=CCN1C(=O)/C(=C2\Sc3ccccc3N2C)S/C1=N\S(=O)(=O)c1ccc(C)cc1. The number of nitrogens with zero attached hydrogens (tertiary/aromatic N) is 3. The molecule has 6 nitrogen and oxygen atoms in total. The molecule has 0 spiro atoms. The van der Waals surface area contributed by atoms with Crippen LogP contribution in [0.5, 0.6) is 0 Å². The van der Waals surface area contributed by atoms with Crippen molar-refractivity contribution in [2.45, 2.75) is 16.7 Å². The smallest absolute Gasteiger partial charge is 0.284 e. The molecule has 2 heterocycles. The van der Waals surface area contributed by atoms with Crippen LogP contribution in [0, 0.1) is 6.92 Å². The number of amidine groups is 1. The summed E-state index contributed by atoms with van der Waals surface area (Å²) in [5, 5.41) is 0.895. The minimum Gasteiger partial charge on any atom is -0.337 e. The standard InChI is InChI=1S/C21H19N3O3S3/c1-4-13-24-19(25)18(20-23(3)16-7-5-6-8-17(16)28-20)29-21(24)22-30(26,27)15-11-9-14(2)10-12-15/h4-12H,1,13H2,2-3H3/b20-18+,22-21-. The Kier molecular flexibility index (Phi) is 5.52. The highest BCUT2D eigenvalue weighted by atomic mass is 32.2. The number of benzene rings is 2. The number of thioether (sulfide) groups is 2. The van der Waals surface area contributed by atoms with Crippen molar-refractivity contribution in [3.05, 3.63) is 76.7 Å². The van der Waals surface area contributed by atoms with Crippen molar-refractivity contribution in [2.75, 3.05) is 18.5 Å². The topological polar surface area (TPSA) is 70.1 Å². The first-order chi connectivity index (χ1) is 14.3. The summed E-state index contributed by atoms with van der Waals surface area (Å²) >= 11 is 2.57. The molecule has 2 aromatic rings. The zero-order valence-corrected chi connectivity index (χ0v) is 18.9. The molecule has 0 unspecified atom stereocenters. The number of anilines is 1. The number of para-hydroxylation sites is 1. The molecular weight excluding hydrogens is 438 g/mol. The van der Waals surface area contributed by atoms with Crippen molar-refractivity contribution in [1.82, 2.24) is 4.90 Å². The third kappa shape index (κ3) is 3.68. The Bertz CT molecular complexity index is 1200. The van der Waals surface area contributed by atoms with E-state index < -0.39 is 10.0 Å². The molecule has 1 saturated heterocycles. The van der Waals surface area contributed by atoms with E-state index in [2.05, 4.69) is 11.0 Å². The second-order valence-electron chi connectivity index (χ2n) is 6.73. The number of hydrogen-bond donors (Lipinski definition) is 0. The number of rotatable bonds is 4. The Labute approximate surface area is 184 Å². The highest BCUT2D eigenvalue weighted by Gasteiger charge is 2.39. The average Bonchev–Trinajstić information content (AvgIpc) is 3.20. The van der Waals surface area contributed by atoms with E-state index in [0.29, 0.717) is 4.91 Å². The van der Waals surface area contributed by atoms with Gasteiger partial charge in [-0.05, 0) is 43.0 Å². The van der Waals surface area contributed by atoms with Crippen LogP contribution in [0.1, 0.15) is 5.56 Å². The van der Waals surface area contributed by atoms with E-state index in [4.69, 9.17) is 0 Å². The van der Waals surface area contributed by atoms with Gasteiger partial charge in [0.25, 0.3) is 15.9 Å². The number of sulfonamides is 1. The molecule has 154 valence electrons. The van der Waals surface area contributed by atoms with Gasteiger partial charge in [0, 0.05) is 18.5 Å². The van der Waals surface area contributed by atoms with Gasteiger partial charge < -0.3 is 4.90 Å². The predicted octanol–water partition coefficient (Wildman–Crippen LogP) is 4.21. The molecule has 0 radical (unpaired) electrons. The molecule has 2 aliphatic rings. The number of hydrogen-bond acceptors (Lipinski definition) is 6. The number of carbonyl (C=O) groups is 1. The summed E-state index contributed by atoms with van der Waals surface area (Å²) in [6.07, 6.45) is 1.56. The summed E-state index contributed by atoms with van der Waals surface area (Å²) in [5.74, 6) is -0.278. The Morgan fingerprint density at radius 3 is 2.47 bits per heavy atom. The molecule has 1 amide bonds. The van der Waals surface area contributed by atoms with Gasteiger partial charge in [0.15, 0.2) is 5.17 Å². The van der Waals surface area contributed by atoms with E-state index in [0.717, 1.165) is 32.9 Å². The second kappa shape index (κ2) is 7.98. The van der Waals surface area contributed by atoms with Gasteiger partial charge in [-0.25, -0.2) is 0 Å². The summed E-state index contributed by atoms with van der Waals surface area (Å²) < 4.78 is 29.7. The lowest BCUT2D eigenvalue weighted by molar-refractivity contribution is -0.121. The minimum atomic E-state index is -3.95. The van der Waals surface area contributed by atoms with Gasteiger partial charge >= 0.3 is 0 Å². The van der Waals surface area contributed by atoms with Crippen LogP contribution in [-0.2, 0) is 14.8 Å². The van der Waals surface area contributed by atoms with Crippen LogP contribution >= 0.6 is 23.5 Å². The Morgan fingerprint density at radius 2 is 1.80 bits per heavy atom. The molecule has 30 heavy (non-hydrogen) atoms. The number of amides is 1. The zero-order chi connectivity index (χ0) is 21.5. The van der Waals surface area contributed by atoms with E-state index in [-0.39, 0.29) is 22.5 Å². The molecule has 2 aromatic carbocycles. The van der Waals surface area contributed by atoms with E-state index in [1.165, 1.54) is 28.8 Å². The highest BCUT2D eigenvalue weighted by molar-refractivity contribution is 8.19. The fourth-order valence-corrected chi connectivity index (χ4v) is 6.59. The average molecular weight is 458 g/mol. The van der Waals surface area contributed by atoms with E-state index in [1.807, 2.05) is 43.1 Å². The third-order valence-corrected chi connectivity index (χ3v) is 8.45. The van der Waals surface area contributed by atoms with Crippen molar-refractivity contribution in [3.63, 3.8) is 0 Å². The van der Waals surface area contributed by atoms with E-state index >= 15 is 0 Å². The molecule has 4 rings (SSSR count). The molecule has 1 fully saturated rings. The van der Waals surface area contributed by atoms with Crippen LogP contribution in [0.3, 0.4) is 0 Å². The van der Waals surface area contributed by atoms with Crippen molar-refractivity contribution >= 4 is 50.3 Å². The summed E-state index contributed by atoms with van der Waals surface area (Å²) in [6, 6.07) is 14.3. The van der Waals surface area contributed by atoms with Crippen molar-refractivity contribution < 1.29 is 13.2 Å². The van der Waals surface area contributed by atoms with Crippen LogP contribution in [0.25, 0.3) is 0 Å². The maximum absolute atomic E-state index is 13.1. The van der Waals surface area contributed by atoms with Crippen molar-refractivity contribution in [1.29, 1.82) is 0 Å². The highest BCUT2D eigenvalue weighted by Crippen LogP contribution is 2.49. The minimum absolute atomic E-state index is 0.0908. The van der Waals surface area contributed by atoms with E-state index in [9.17, 15) is 13.2 Å². The number of carbonyl (C=O) groups excluding carboxylic acids is 1. The molecule has 2 aliphatic heterocycles. The summed E-state index contributed by atoms with van der Waals surface area (Å²) in [6.45, 7) is 5.74. The first-order valence-electron chi connectivity index (χ1n) is 9.09. The van der Waals surface area contributed by atoms with Gasteiger partial charge in [-0.3, -0.25) is 9.69 Å². The van der Waals surface area contributed by atoms with Crippen molar-refractivity contribution in [3.8, 4) is 0 Å². The molecular formula is C21H19N3O3S3. The number of fused-ring (bicyclic) bond motifs is 1. The van der Waals surface area contributed by atoms with Crippen LogP contribution in [0.4, 0.5) is 5.69 Å². The zero-order valence-electron chi connectivity index (χ0n) is 16.4. The quantitative estimate of drug-likeness (QED) is 0.506. The molecule has 9 heteroatoms. The molecule has 0 bridgehead atoms. The lowest BCUT2D eigenvalue weighted by atomic mass is 10.2. The Morgan fingerprint density at radius 1 is 1.10 bits per heavy atom. The third-order valence-electron chi connectivity index (χ3n) is 4.62. The van der Waals surface area contributed by atoms with Gasteiger partial charge in [0.1, 0.15) is 4.91 Å². The molecule has 0 saturated carbocycles. The lowest BCUT2D eigenvalue weighted by Crippen LogP contribution is -2.30. The van der Waals surface area contributed by atoms with Gasteiger partial charge in [-0.1, -0.05) is 47.7 Å². The normalized spacial score (nSPS) is 20.2. The first kappa shape index (κ1) is 20.8. The summed E-state index contributed by atoms with van der Waals surface area (Å²) in [5.41, 5.74) is 1.96. The van der Waals surface area contributed by atoms with E-state index in [1.54, 1.807) is 18.2 Å². The summed E-state index contributed by atoms with van der Waals surface area (Å²) in [7, 11) is -2.06. The van der Waals surface area contributed by atoms with Gasteiger partial charge in [0.05, 0.1) is 15.6 Å². The molecule has 0 aromatic heterocycles. The Balaban J connectivity index is 1.75. The maximum Gasteiger partial charge on any atom is 0.284 e. The summed E-state index contributed by atoms with van der Waals surface area (Å²) in [4.78, 5) is 18.0. The molecule has 0 aliphatic carbocycles. The number of aryl methyl sites for hydroxylation is 1. The monoisotopic (exact) mass is 457 g/mol. The largest absolute Gasteiger partial charge is 0.337 e. The van der Waals surface area contributed by atoms with Gasteiger partial charge in [-0.2, -0.15) is 8.42 Å². The van der Waals surface area contributed by atoms with Crippen LogP contribution < -0.4 is 4.90 Å².